The molecule has 0 saturated heterocycles. The predicted molar refractivity (Wildman–Crippen MR) is 61.8 cm³/mol. The zero-order valence-corrected chi connectivity index (χ0v) is 9.66. The minimum absolute atomic E-state index is 0.395. The largest absolute Gasteiger partial charge is 0.376 e. The summed E-state index contributed by atoms with van der Waals surface area (Å²) in [5, 5.41) is 3.36. The maximum atomic E-state index is 5.33. The van der Waals surface area contributed by atoms with Crippen molar-refractivity contribution < 1.29 is 0 Å². The number of nitrogens with one attached hydrogen (secondary N) is 1. The van der Waals surface area contributed by atoms with Gasteiger partial charge in [-0.3, -0.25) is 0 Å². The monoisotopic (exact) mass is 203 g/mol. The number of rotatable bonds is 6. The molecule has 0 aromatic rings. The molecule has 4 heteroatoms. The summed E-state index contributed by atoms with van der Waals surface area (Å²) in [5.74, 6) is 0. The third-order valence-corrected chi connectivity index (χ3v) is 2.44. The fourth-order valence-corrected chi connectivity index (χ4v) is 1.54. The van der Waals surface area contributed by atoms with Crippen LogP contribution in [0.2, 0.25) is 0 Å². The molecule has 0 heterocycles. The van der Waals surface area contributed by atoms with Crippen molar-refractivity contribution >= 4 is 17.3 Å². The molecule has 13 heavy (non-hydrogen) atoms. The van der Waals surface area contributed by atoms with Gasteiger partial charge in [0.05, 0.1) is 0 Å². The lowest BCUT2D eigenvalue weighted by Gasteiger charge is -2.26. The van der Waals surface area contributed by atoms with E-state index in [0.29, 0.717) is 11.2 Å². The third kappa shape index (κ3) is 5.82. The molecule has 0 fully saturated rings. The van der Waals surface area contributed by atoms with E-state index in [9.17, 15) is 0 Å². The molecule has 3 N–H and O–H groups in total. The van der Waals surface area contributed by atoms with Crippen LogP contribution in [0.15, 0.2) is 0 Å². The van der Waals surface area contributed by atoms with Crippen molar-refractivity contribution in [1.82, 2.24) is 10.2 Å². The zero-order chi connectivity index (χ0) is 10.3. The molecule has 0 bridgehead atoms. The van der Waals surface area contributed by atoms with Crippen LogP contribution < -0.4 is 11.1 Å². The SMILES string of the molecule is CCN(CC)C(C)CCNC(N)=S. The highest BCUT2D eigenvalue weighted by atomic mass is 32.1. The first-order valence-electron chi connectivity index (χ1n) is 4.89. The normalized spacial score (nSPS) is 12.9. The first-order valence-corrected chi connectivity index (χ1v) is 5.30. The minimum atomic E-state index is 0.395. The maximum Gasteiger partial charge on any atom is 0.163 e. The van der Waals surface area contributed by atoms with E-state index in [1.54, 1.807) is 0 Å². The summed E-state index contributed by atoms with van der Waals surface area (Å²) in [6.45, 7) is 9.67. The van der Waals surface area contributed by atoms with Gasteiger partial charge in [-0.05, 0) is 38.7 Å². The Morgan fingerprint density at radius 2 is 2.00 bits per heavy atom. The summed E-state index contributed by atoms with van der Waals surface area (Å²) in [6.07, 6.45) is 1.08. The zero-order valence-electron chi connectivity index (χ0n) is 8.84. The Balaban J connectivity index is 3.59. The van der Waals surface area contributed by atoms with Crippen molar-refractivity contribution in [3.05, 3.63) is 0 Å². The Bertz CT molecular complexity index is 146. The van der Waals surface area contributed by atoms with E-state index in [1.165, 1.54) is 0 Å². The molecule has 1 atom stereocenters. The highest BCUT2D eigenvalue weighted by Crippen LogP contribution is 2.01. The molecular weight excluding hydrogens is 182 g/mol. The Morgan fingerprint density at radius 3 is 2.38 bits per heavy atom. The predicted octanol–water partition coefficient (Wildman–Crippen LogP) is 0.940. The number of hydrogen-bond acceptors (Lipinski definition) is 2. The molecule has 0 aliphatic carbocycles. The van der Waals surface area contributed by atoms with E-state index in [4.69, 9.17) is 18.0 Å². The lowest BCUT2D eigenvalue weighted by atomic mass is 10.2. The lowest BCUT2D eigenvalue weighted by Crippen LogP contribution is -2.37. The molecule has 0 aliphatic heterocycles. The van der Waals surface area contributed by atoms with Crippen LogP contribution in [0, 0.1) is 0 Å². The summed E-state index contributed by atoms with van der Waals surface area (Å²) < 4.78 is 0. The van der Waals surface area contributed by atoms with Crippen LogP contribution >= 0.6 is 12.2 Å². The second kappa shape index (κ2) is 7.09. The summed E-state index contributed by atoms with van der Waals surface area (Å²) in [7, 11) is 0. The van der Waals surface area contributed by atoms with E-state index >= 15 is 0 Å². The van der Waals surface area contributed by atoms with Gasteiger partial charge >= 0.3 is 0 Å². The average Bonchev–Trinajstić information content (AvgIpc) is 2.05. The second-order valence-electron chi connectivity index (χ2n) is 3.15. The summed E-state index contributed by atoms with van der Waals surface area (Å²) >= 11 is 4.72. The van der Waals surface area contributed by atoms with Crippen LogP contribution in [0.4, 0.5) is 0 Å². The molecule has 3 nitrogen and oxygen atoms in total. The van der Waals surface area contributed by atoms with Gasteiger partial charge in [0, 0.05) is 12.6 Å². The topological polar surface area (TPSA) is 41.3 Å². The Morgan fingerprint density at radius 1 is 1.46 bits per heavy atom. The van der Waals surface area contributed by atoms with Crippen LogP contribution in [0.1, 0.15) is 27.2 Å². The van der Waals surface area contributed by atoms with Gasteiger partial charge in [0.1, 0.15) is 0 Å². The molecule has 0 aromatic heterocycles. The van der Waals surface area contributed by atoms with Crippen LogP contribution in [-0.2, 0) is 0 Å². The summed E-state index contributed by atoms with van der Waals surface area (Å²) in [5.41, 5.74) is 5.33. The van der Waals surface area contributed by atoms with Crippen molar-refractivity contribution in [2.75, 3.05) is 19.6 Å². The smallest absolute Gasteiger partial charge is 0.163 e. The van der Waals surface area contributed by atoms with E-state index in [-0.39, 0.29) is 0 Å². The van der Waals surface area contributed by atoms with Crippen molar-refractivity contribution in [2.24, 2.45) is 5.73 Å². The first-order chi connectivity index (χ1) is 6.11. The third-order valence-electron chi connectivity index (χ3n) is 2.30. The standard InChI is InChI=1S/C9H21N3S/c1-4-12(5-2)8(3)6-7-11-9(10)13/h8H,4-7H2,1-3H3,(H3,10,11,13). The quantitative estimate of drug-likeness (QED) is 0.630. The number of nitrogens with zero attached hydrogens (tertiary/aromatic N) is 1. The van der Waals surface area contributed by atoms with Crippen molar-refractivity contribution in [2.45, 2.75) is 33.2 Å². The van der Waals surface area contributed by atoms with E-state index < -0.39 is 0 Å². The number of hydrogen-bond donors (Lipinski definition) is 2. The van der Waals surface area contributed by atoms with Crippen LogP contribution in [0.25, 0.3) is 0 Å². The molecule has 0 rings (SSSR count). The van der Waals surface area contributed by atoms with Gasteiger partial charge in [-0.1, -0.05) is 13.8 Å². The van der Waals surface area contributed by atoms with Crippen LogP contribution in [0.5, 0.6) is 0 Å². The molecule has 1 unspecified atom stereocenters. The van der Waals surface area contributed by atoms with E-state index in [0.717, 1.165) is 26.1 Å². The molecule has 0 aromatic carbocycles. The molecule has 0 saturated carbocycles. The van der Waals surface area contributed by atoms with Crippen molar-refractivity contribution in [3.63, 3.8) is 0 Å². The van der Waals surface area contributed by atoms with Crippen molar-refractivity contribution in [3.8, 4) is 0 Å². The fourth-order valence-electron chi connectivity index (χ4n) is 1.43. The van der Waals surface area contributed by atoms with Gasteiger partial charge in [0.15, 0.2) is 5.11 Å². The lowest BCUT2D eigenvalue weighted by molar-refractivity contribution is 0.222. The second-order valence-corrected chi connectivity index (χ2v) is 3.59. The summed E-state index contributed by atoms with van der Waals surface area (Å²) in [6, 6.07) is 0.594. The van der Waals surface area contributed by atoms with Gasteiger partial charge in [0.2, 0.25) is 0 Å². The van der Waals surface area contributed by atoms with Gasteiger partial charge < -0.3 is 16.0 Å². The molecule has 0 radical (unpaired) electrons. The Labute approximate surface area is 86.7 Å². The van der Waals surface area contributed by atoms with Gasteiger partial charge in [-0.25, -0.2) is 0 Å². The van der Waals surface area contributed by atoms with Gasteiger partial charge in [0.25, 0.3) is 0 Å². The molecular formula is C9H21N3S. The molecule has 78 valence electrons. The van der Waals surface area contributed by atoms with E-state index in [1.807, 2.05) is 0 Å². The fraction of sp³-hybridized carbons (Fsp3) is 0.889. The first kappa shape index (κ1) is 12.7. The summed E-state index contributed by atoms with van der Waals surface area (Å²) in [4.78, 5) is 2.42. The average molecular weight is 203 g/mol. The molecule has 0 aliphatic rings. The highest BCUT2D eigenvalue weighted by Gasteiger charge is 2.08. The highest BCUT2D eigenvalue weighted by molar-refractivity contribution is 7.80. The van der Waals surface area contributed by atoms with Crippen molar-refractivity contribution in [1.29, 1.82) is 0 Å². The number of nitrogens with two attached hydrogens (primary N) is 1. The Hall–Kier alpha value is -0.350. The molecule has 0 amide bonds. The maximum absolute atomic E-state index is 5.33. The van der Waals surface area contributed by atoms with Crippen LogP contribution in [-0.4, -0.2) is 35.7 Å². The van der Waals surface area contributed by atoms with Gasteiger partial charge in [-0.2, -0.15) is 0 Å². The minimum Gasteiger partial charge on any atom is -0.376 e. The van der Waals surface area contributed by atoms with Gasteiger partial charge in [-0.15, -0.1) is 0 Å². The molecule has 0 spiro atoms. The van der Waals surface area contributed by atoms with E-state index in [2.05, 4.69) is 31.0 Å². The number of thiocarbonyl (C=S) groups is 1. The Kier molecular flexibility index (Phi) is 6.90. The van der Waals surface area contributed by atoms with Crippen LogP contribution in [0.3, 0.4) is 0 Å².